The van der Waals surface area contributed by atoms with Crippen LogP contribution < -0.4 is 5.32 Å². The lowest BCUT2D eigenvalue weighted by atomic mass is 9.94. The highest BCUT2D eigenvalue weighted by molar-refractivity contribution is 5.93. The normalized spacial score (nSPS) is 17.0. The van der Waals surface area contributed by atoms with E-state index in [9.17, 15) is 24.3 Å². The van der Waals surface area contributed by atoms with E-state index in [1.165, 1.54) is 4.90 Å². The third kappa shape index (κ3) is 6.91. The van der Waals surface area contributed by atoms with E-state index in [1.54, 1.807) is 6.92 Å². The Hall–Kier alpha value is -3.68. The summed E-state index contributed by atoms with van der Waals surface area (Å²) in [6.07, 6.45) is 0.449. The molecule has 3 atom stereocenters. The fourth-order valence-electron chi connectivity index (χ4n) is 4.10. The van der Waals surface area contributed by atoms with Crippen LogP contribution in [0.5, 0.6) is 0 Å². The molecule has 34 heavy (non-hydrogen) atoms. The number of nitrogens with one attached hydrogen (secondary N) is 1. The molecule has 1 heterocycles. The monoisotopic (exact) mass is 466 g/mol. The summed E-state index contributed by atoms with van der Waals surface area (Å²) >= 11 is 0. The molecule has 1 aliphatic rings. The Morgan fingerprint density at radius 1 is 1.03 bits per heavy atom. The van der Waals surface area contributed by atoms with E-state index in [0.717, 1.165) is 11.1 Å². The van der Waals surface area contributed by atoms with E-state index in [0.29, 0.717) is 19.4 Å². The highest BCUT2D eigenvalue weighted by atomic mass is 16.5. The summed E-state index contributed by atoms with van der Waals surface area (Å²) in [5, 5.41) is 12.0. The highest BCUT2D eigenvalue weighted by Crippen LogP contribution is 2.22. The molecular formula is C26H30N2O6. The molecule has 0 bridgehead atoms. The SMILES string of the molecule is CC(CC(=O)C(Cc1ccccc1)NC(=O)OCc1ccccc1)C(=O)N1CCC[C@H]1C(=O)O. The minimum Gasteiger partial charge on any atom is -0.480 e. The molecule has 2 amide bonds. The number of ketones is 1. The number of benzene rings is 2. The van der Waals surface area contributed by atoms with Crippen molar-refractivity contribution in [3.63, 3.8) is 0 Å². The van der Waals surface area contributed by atoms with Crippen LogP contribution in [0.1, 0.15) is 37.3 Å². The number of rotatable bonds is 10. The van der Waals surface area contributed by atoms with E-state index in [-0.39, 0.29) is 31.1 Å². The third-order valence-electron chi connectivity index (χ3n) is 5.93. The molecule has 3 rings (SSSR count). The number of carbonyl (C=O) groups is 4. The minimum absolute atomic E-state index is 0.0688. The highest BCUT2D eigenvalue weighted by Gasteiger charge is 2.37. The molecule has 1 fully saturated rings. The summed E-state index contributed by atoms with van der Waals surface area (Å²) in [6.45, 7) is 2.05. The molecular weight excluding hydrogens is 436 g/mol. The molecule has 1 saturated heterocycles. The second kappa shape index (κ2) is 12.0. The molecule has 1 aliphatic heterocycles. The molecule has 0 radical (unpaired) electrons. The largest absolute Gasteiger partial charge is 0.480 e. The van der Waals surface area contributed by atoms with Gasteiger partial charge in [-0.2, -0.15) is 0 Å². The number of aliphatic carboxylic acids is 1. The zero-order chi connectivity index (χ0) is 24.5. The molecule has 2 aromatic rings. The van der Waals surface area contributed by atoms with Crippen LogP contribution in [-0.2, 0) is 32.1 Å². The van der Waals surface area contributed by atoms with Crippen LogP contribution in [0.15, 0.2) is 60.7 Å². The summed E-state index contributed by atoms with van der Waals surface area (Å²) in [5.74, 6) is -2.40. The molecule has 2 N–H and O–H groups in total. The number of alkyl carbamates (subject to hydrolysis) is 1. The van der Waals surface area contributed by atoms with Gasteiger partial charge in [0.1, 0.15) is 12.6 Å². The molecule has 0 spiro atoms. The van der Waals surface area contributed by atoms with Crippen LogP contribution in [0.2, 0.25) is 0 Å². The van der Waals surface area contributed by atoms with E-state index in [4.69, 9.17) is 4.74 Å². The van der Waals surface area contributed by atoms with E-state index < -0.39 is 30.1 Å². The van der Waals surface area contributed by atoms with Crippen molar-refractivity contribution >= 4 is 23.8 Å². The Bertz CT molecular complexity index is 995. The molecule has 8 nitrogen and oxygen atoms in total. The Balaban J connectivity index is 1.64. The summed E-state index contributed by atoms with van der Waals surface area (Å²) < 4.78 is 5.28. The predicted molar refractivity (Wildman–Crippen MR) is 125 cm³/mol. The first-order valence-electron chi connectivity index (χ1n) is 11.4. The Morgan fingerprint density at radius 3 is 2.26 bits per heavy atom. The van der Waals surface area contributed by atoms with Gasteiger partial charge < -0.3 is 20.1 Å². The minimum atomic E-state index is -1.03. The quantitative estimate of drug-likeness (QED) is 0.556. The standard InChI is InChI=1S/C26H30N2O6/c1-18(24(30)28-14-8-13-22(28)25(31)32)15-23(29)21(16-19-9-4-2-5-10-19)27-26(33)34-17-20-11-6-3-7-12-20/h2-7,9-12,18,21-22H,8,13-17H2,1H3,(H,27,33)(H,31,32)/t18?,21?,22-/m0/s1. The maximum atomic E-state index is 13.1. The van der Waals surface area contributed by atoms with Gasteiger partial charge in [-0.15, -0.1) is 0 Å². The molecule has 8 heteroatoms. The summed E-state index contributed by atoms with van der Waals surface area (Å²) in [4.78, 5) is 51.2. The number of hydrogen-bond acceptors (Lipinski definition) is 5. The van der Waals surface area contributed by atoms with E-state index in [1.807, 2.05) is 60.7 Å². The first-order valence-corrected chi connectivity index (χ1v) is 11.4. The molecule has 2 aromatic carbocycles. The smallest absolute Gasteiger partial charge is 0.408 e. The van der Waals surface area contributed by atoms with Gasteiger partial charge in [-0.3, -0.25) is 9.59 Å². The van der Waals surface area contributed by atoms with Crippen LogP contribution in [0, 0.1) is 5.92 Å². The van der Waals surface area contributed by atoms with Gasteiger partial charge in [-0.1, -0.05) is 67.6 Å². The second-order valence-corrected chi connectivity index (χ2v) is 8.55. The van der Waals surface area contributed by atoms with Crippen LogP contribution in [0.3, 0.4) is 0 Å². The summed E-state index contributed by atoms with van der Waals surface area (Å²) in [7, 11) is 0. The number of carbonyl (C=O) groups excluding carboxylic acids is 3. The van der Waals surface area contributed by atoms with Crippen molar-refractivity contribution in [2.75, 3.05) is 6.54 Å². The molecule has 0 aliphatic carbocycles. The first-order chi connectivity index (χ1) is 16.3. The maximum Gasteiger partial charge on any atom is 0.408 e. The van der Waals surface area contributed by atoms with Gasteiger partial charge >= 0.3 is 12.1 Å². The van der Waals surface area contributed by atoms with E-state index in [2.05, 4.69) is 5.32 Å². The number of carboxylic acids is 1. The maximum absolute atomic E-state index is 13.1. The van der Waals surface area contributed by atoms with Gasteiger partial charge in [-0.25, -0.2) is 9.59 Å². The van der Waals surface area contributed by atoms with Crippen LogP contribution in [0.4, 0.5) is 4.79 Å². The van der Waals surface area contributed by atoms with Crippen molar-refractivity contribution in [1.29, 1.82) is 0 Å². The fraction of sp³-hybridized carbons (Fsp3) is 0.385. The van der Waals surface area contributed by atoms with Gasteiger partial charge in [0.25, 0.3) is 0 Å². The number of Topliss-reactive ketones (excluding diaryl/α,β-unsaturated/α-hetero) is 1. The van der Waals surface area contributed by atoms with Crippen LogP contribution in [-0.4, -0.2) is 52.4 Å². The number of hydrogen-bond donors (Lipinski definition) is 2. The van der Waals surface area contributed by atoms with Gasteiger partial charge in [-0.05, 0) is 30.4 Å². The zero-order valence-electron chi connectivity index (χ0n) is 19.2. The number of likely N-dealkylation sites (tertiary alicyclic amines) is 1. The summed E-state index contributed by atoms with van der Waals surface area (Å²) in [5.41, 5.74) is 1.68. The molecule has 0 saturated carbocycles. The number of nitrogens with zero attached hydrogens (tertiary/aromatic N) is 1. The molecule has 180 valence electrons. The van der Waals surface area contributed by atoms with Crippen molar-refractivity contribution in [1.82, 2.24) is 10.2 Å². The van der Waals surface area contributed by atoms with Crippen molar-refractivity contribution in [2.45, 2.75) is 51.3 Å². The lowest BCUT2D eigenvalue weighted by molar-refractivity contribution is -0.150. The van der Waals surface area contributed by atoms with Gasteiger partial charge in [0.2, 0.25) is 5.91 Å². The topological polar surface area (TPSA) is 113 Å². The van der Waals surface area contributed by atoms with Crippen molar-refractivity contribution in [2.24, 2.45) is 5.92 Å². The first kappa shape index (κ1) is 25.0. The average molecular weight is 467 g/mol. The Labute approximate surface area is 198 Å². The number of ether oxygens (including phenoxy) is 1. The van der Waals surface area contributed by atoms with Crippen molar-refractivity contribution < 1.29 is 29.0 Å². The second-order valence-electron chi connectivity index (χ2n) is 8.55. The average Bonchev–Trinajstić information content (AvgIpc) is 3.33. The lowest BCUT2D eigenvalue weighted by Crippen LogP contribution is -2.46. The van der Waals surface area contributed by atoms with Gasteiger partial charge in [0.05, 0.1) is 6.04 Å². The van der Waals surface area contributed by atoms with Crippen LogP contribution >= 0.6 is 0 Å². The number of amides is 2. The molecule has 0 aromatic heterocycles. The Morgan fingerprint density at radius 2 is 1.65 bits per heavy atom. The van der Waals surface area contributed by atoms with Gasteiger partial charge in [0.15, 0.2) is 5.78 Å². The van der Waals surface area contributed by atoms with Gasteiger partial charge in [0, 0.05) is 18.9 Å². The van der Waals surface area contributed by atoms with Crippen molar-refractivity contribution in [3.8, 4) is 0 Å². The van der Waals surface area contributed by atoms with Crippen LogP contribution in [0.25, 0.3) is 0 Å². The third-order valence-corrected chi connectivity index (χ3v) is 5.93. The predicted octanol–water partition coefficient (Wildman–Crippen LogP) is 3.20. The number of carboxylic acid groups (broad SMARTS) is 1. The lowest BCUT2D eigenvalue weighted by Gasteiger charge is -2.25. The fourth-order valence-corrected chi connectivity index (χ4v) is 4.10. The van der Waals surface area contributed by atoms with E-state index >= 15 is 0 Å². The zero-order valence-corrected chi connectivity index (χ0v) is 19.2. The molecule has 2 unspecified atom stereocenters. The van der Waals surface area contributed by atoms with Crippen molar-refractivity contribution in [3.05, 3.63) is 71.8 Å². The summed E-state index contributed by atoms with van der Waals surface area (Å²) in [6, 6.07) is 16.7. The Kier molecular flexibility index (Phi) is 8.79.